The Labute approximate surface area is 171 Å². The number of carbonyl (C=O) groups is 3. The van der Waals surface area contributed by atoms with E-state index in [-0.39, 0.29) is 25.3 Å². The van der Waals surface area contributed by atoms with Gasteiger partial charge in [0.25, 0.3) is 5.91 Å². The van der Waals surface area contributed by atoms with Gasteiger partial charge in [0, 0.05) is 19.0 Å². The van der Waals surface area contributed by atoms with Crippen molar-refractivity contribution in [3.63, 3.8) is 0 Å². The number of primary amides is 1. The van der Waals surface area contributed by atoms with E-state index in [0.717, 1.165) is 0 Å². The van der Waals surface area contributed by atoms with Gasteiger partial charge in [0.15, 0.2) is 11.5 Å². The molecule has 0 saturated carbocycles. The fraction of sp³-hybridized carbons (Fsp3) is 0.150. The highest BCUT2D eigenvalue weighted by Crippen LogP contribution is 2.40. The van der Waals surface area contributed by atoms with E-state index in [1.54, 1.807) is 42.5 Å². The smallest absolute Gasteiger partial charge is 0.253 e. The number of nitrogens with two attached hydrogens (primary N) is 1. The molecule has 150 valence electrons. The Morgan fingerprint density at radius 1 is 1.17 bits per heavy atom. The minimum absolute atomic E-state index is 0.0289. The van der Waals surface area contributed by atoms with E-state index >= 15 is 0 Å². The first-order chi connectivity index (χ1) is 13.9. The molecule has 0 aliphatic carbocycles. The standard InChI is InChI=1S/C20H18ClN3O5/c21-14-9-12(10-16-19(14)29-11-28-16)5-6-18(26)24-15-4-2-1-3-13(15)20(27)23-8-7-17(22)25/h1-6,9-10H,7-8,11H2,(H2,22,25)(H,23,27)(H,24,26)/b6-5+. The van der Waals surface area contributed by atoms with Gasteiger partial charge in [-0.3, -0.25) is 14.4 Å². The van der Waals surface area contributed by atoms with Crippen LogP contribution in [-0.2, 0) is 9.59 Å². The monoisotopic (exact) mass is 415 g/mol. The third kappa shape index (κ3) is 5.26. The first-order valence-corrected chi connectivity index (χ1v) is 9.05. The number of anilines is 1. The van der Waals surface area contributed by atoms with Crippen LogP contribution in [0.1, 0.15) is 22.3 Å². The first kappa shape index (κ1) is 20.2. The Morgan fingerprint density at radius 3 is 2.76 bits per heavy atom. The first-order valence-electron chi connectivity index (χ1n) is 8.68. The zero-order valence-corrected chi connectivity index (χ0v) is 16.0. The normalized spacial score (nSPS) is 12.0. The average Bonchev–Trinajstić information content (AvgIpc) is 3.16. The zero-order chi connectivity index (χ0) is 20.8. The molecule has 8 nitrogen and oxygen atoms in total. The molecule has 1 aliphatic heterocycles. The van der Waals surface area contributed by atoms with Crippen molar-refractivity contribution >= 4 is 41.1 Å². The van der Waals surface area contributed by atoms with E-state index in [9.17, 15) is 14.4 Å². The van der Waals surface area contributed by atoms with E-state index in [0.29, 0.717) is 27.8 Å². The van der Waals surface area contributed by atoms with Crippen molar-refractivity contribution in [1.82, 2.24) is 5.32 Å². The Hall–Kier alpha value is -3.52. The van der Waals surface area contributed by atoms with Gasteiger partial charge < -0.3 is 25.8 Å². The van der Waals surface area contributed by atoms with Gasteiger partial charge in [0.2, 0.25) is 18.6 Å². The van der Waals surface area contributed by atoms with Crippen LogP contribution < -0.4 is 25.8 Å². The summed E-state index contributed by atoms with van der Waals surface area (Å²) in [7, 11) is 0. The molecule has 1 aliphatic rings. The van der Waals surface area contributed by atoms with E-state index in [1.165, 1.54) is 6.08 Å². The van der Waals surface area contributed by atoms with Crippen molar-refractivity contribution in [3.05, 3.63) is 58.6 Å². The molecule has 0 aromatic heterocycles. The number of rotatable bonds is 7. The maximum absolute atomic E-state index is 12.3. The van der Waals surface area contributed by atoms with Crippen LogP contribution in [0, 0.1) is 0 Å². The molecule has 0 spiro atoms. The third-order valence-corrected chi connectivity index (χ3v) is 4.24. The summed E-state index contributed by atoms with van der Waals surface area (Å²) in [6, 6.07) is 9.89. The van der Waals surface area contributed by atoms with Crippen LogP contribution >= 0.6 is 11.6 Å². The Balaban J connectivity index is 1.67. The largest absolute Gasteiger partial charge is 0.454 e. The number of benzene rings is 2. The highest BCUT2D eigenvalue weighted by molar-refractivity contribution is 6.32. The molecule has 0 unspecified atom stereocenters. The third-order valence-electron chi connectivity index (χ3n) is 3.96. The van der Waals surface area contributed by atoms with Crippen LogP contribution in [0.5, 0.6) is 11.5 Å². The van der Waals surface area contributed by atoms with Crippen LogP contribution in [0.15, 0.2) is 42.5 Å². The second-order valence-corrected chi connectivity index (χ2v) is 6.48. The quantitative estimate of drug-likeness (QED) is 0.599. The number of nitrogens with one attached hydrogen (secondary N) is 2. The van der Waals surface area contributed by atoms with Crippen molar-refractivity contribution in [3.8, 4) is 11.5 Å². The summed E-state index contributed by atoms with van der Waals surface area (Å²) in [4.78, 5) is 35.4. The number of halogens is 1. The molecule has 2 aromatic carbocycles. The molecule has 3 rings (SSSR count). The lowest BCUT2D eigenvalue weighted by atomic mass is 10.1. The predicted octanol–water partition coefficient (Wildman–Crippen LogP) is 2.33. The highest BCUT2D eigenvalue weighted by Gasteiger charge is 2.17. The van der Waals surface area contributed by atoms with Crippen molar-refractivity contribution in [2.75, 3.05) is 18.7 Å². The molecule has 29 heavy (non-hydrogen) atoms. The molecule has 3 amide bonds. The maximum Gasteiger partial charge on any atom is 0.253 e. The predicted molar refractivity (Wildman–Crippen MR) is 108 cm³/mol. The molecule has 1 heterocycles. The lowest BCUT2D eigenvalue weighted by Gasteiger charge is -2.10. The van der Waals surface area contributed by atoms with Gasteiger partial charge in [0.1, 0.15) is 0 Å². The number of para-hydroxylation sites is 1. The zero-order valence-electron chi connectivity index (χ0n) is 15.2. The van der Waals surface area contributed by atoms with Crippen LogP contribution in [0.2, 0.25) is 5.02 Å². The number of fused-ring (bicyclic) bond motifs is 1. The molecule has 0 bridgehead atoms. The van der Waals surface area contributed by atoms with E-state index in [2.05, 4.69) is 10.6 Å². The SMILES string of the molecule is NC(=O)CCNC(=O)c1ccccc1NC(=O)/C=C/c1cc(Cl)c2c(c1)OCO2. The molecule has 0 atom stereocenters. The summed E-state index contributed by atoms with van der Waals surface area (Å²) in [5.74, 6) is -0.384. The minimum Gasteiger partial charge on any atom is -0.454 e. The number of amides is 3. The van der Waals surface area contributed by atoms with Gasteiger partial charge in [-0.2, -0.15) is 0 Å². The van der Waals surface area contributed by atoms with Crippen LogP contribution in [0.3, 0.4) is 0 Å². The summed E-state index contributed by atoms with van der Waals surface area (Å²) in [5, 5.41) is 5.63. The van der Waals surface area contributed by atoms with Crippen LogP contribution in [-0.4, -0.2) is 31.1 Å². The number of carbonyl (C=O) groups excluding carboxylic acids is 3. The van der Waals surface area contributed by atoms with Crippen molar-refractivity contribution in [2.45, 2.75) is 6.42 Å². The lowest BCUT2D eigenvalue weighted by Crippen LogP contribution is -2.28. The van der Waals surface area contributed by atoms with Gasteiger partial charge in [-0.1, -0.05) is 23.7 Å². The number of hydrogen-bond donors (Lipinski definition) is 3. The highest BCUT2D eigenvalue weighted by atomic mass is 35.5. The molecule has 0 fully saturated rings. The summed E-state index contributed by atoms with van der Waals surface area (Å²) in [6.07, 6.45) is 2.91. The van der Waals surface area contributed by atoms with Gasteiger partial charge >= 0.3 is 0 Å². The van der Waals surface area contributed by atoms with Gasteiger partial charge in [-0.05, 0) is 35.9 Å². The molecule has 0 saturated heterocycles. The summed E-state index contributed by atoms with van der Waals surface area (Å²) >= 11 is 6.12. The topological polar surface area (TPSA) is 120 Å². The van der Waals surface area contributed by atoms with E-state index in [1.807, 2.05) is 0 Å². The van der Waals surface area contributed by atoms with Crippen molar-refractivity contribution in [1.29, 1.82) is 0 Å². The fourth-order valence-electron chi connectivity index (χ4n) is 2.61. The Bertz CT molecular complexity index is 990. The Kier molecular flexibility index (Phi) is 6.36. The molecule has 9 heteroatoms. The van der Waals surface area contributed by atoms with Crippen molar-refractivity contribution in [2.24, 2.45) is 5.73 Å². The summed E-state index contributed by atoms with van der Waals surface area (Å²) in [6.45, 7) is 0.211. The van der Waals surface area contributed by atoms with Gasteiger partial charge in [-0.25, -0.2) is 0 Å². The average molecular weight is 416 g/mol. The Morgan fingerprint density at radius 2 is 1.97 bits per heavy atom. The number of hydrogen-bond acceptors (Lipinski definition) is 5. The molecule has 0 radical (unpaired) electrons. The summed E-state index contributed by atoms with van der Waals surface area (Å²) in [5.41, 5.74) is 6.32. The number of ether oxygens (including phenoxy) is 2. The van der Waals surface area contributed by atoms with E-state index in [4.69, 9.17) is 26.8 Å². The van der Waals surface area contributed by atoms with Crippen LogP contribution in [0.25, 0.3) is 6.08 Å². The fourth-order valence-corrected chi connectivity index (χ4v) is 2.89. The van der Waals surface area contributed by atoms with Crippen LogP contribution in [0.4, 0.5) is 5.69 Å². The minimum atomic E-state index is -0.513. The van der Waals surface area contributed by atoms with Gasteiger partial charge in [0.05, 0.1) is 16.3 Å². The molecule has 4 N–H and O–H groups in total. The maximum atomic E-state index is 12.3. The van der Waals surface area contributed by atoms with E-state index < -0.39 is 17.7 Å². The van der Waals surface area contributed by atoms with Gasteiger partial charge in [-0.15, -0.1) is 0 Å². The lowest BCUT2D eigenvalue weighted by molar-refractivity contribution is -0.118. The second kappa shape index (κ2) is 9.11. The molecular weight excluding hydrogens is 398 g/mol. The second-order valence-electron chi connectivity index (χ2n) is 6.08. The summed E-state index contributed by atoms with van der Waals surface area (Å²) < 4.78 is 10.5. The van der Waals surface area contributed by atoms with Crippen molar-refractivity contribution < 1.29 is 23.9 Å². The molecule has 2 aromatic rings. The molecular formula is C20H18ClN3O5.